The summed E-state index contributed by atoms with van der Waals surface area (Å²) in [5, 5.41) is 71.9. The van der Waals surface area contributed by atoms with Gasteiger partial charge in [0.1, 0.15) is 55.4 Å². The molecule has 2 aliphatic heterocycles. The van der Waals surface area contributed by atoms with Gasteiger partial charge in [-0.2, -0.15) is 0 Å². The average Bonchev–Trinajstić information content (AvgIpc) is 3.29. The quantitative estimate of drug-likeness (QED) is 0.0161. The molecular formula is C49H86O15. The molecule has 0 aromatic carbocycles. The highest BCUT2D eigenvalue weighted by Crippen LogP contribution is 2.26. The molecule has 2 heterocycles. The Kier molecular flexibility index (Phi) is 33.3. The van der Waals surface area contributed by atoms with Gasteiger partial charge in [0, 0.05) is 12.8 Å². The molecule has 0 aromatic heterocycles. The van der Waals surface area contributed by atoms with Crippen LogP contribution in [0.3, 0.4) is 0 Å². The van der Waals surface area contributed by atoms with E-state index < -0.39 is 99.3 Å². The maximum Gasteiger partial charge on any atom is 0.306 e. The minimum absolute atomic E-state index is 0.141. The molecule has 0 aliphatic carbocycles. The highest BCUT2D eigenvalue weighted by Gasteiger charge is 2.47. The van der Waals surface area contributed by atoms with Crippen molar-refractivity contribution >= 4 is 11.9 Å². The lowest BCUT2D eigenvalue weighted by atomic mass is 9.98. The van der Waals surface area contributed by atoms with Gasteiger partial charge in [0.15, 0.2) is 18.7 Å². The van der Waals surface area contributed by atoms with Crippen molar-refractivity contribution in [1.82, 2.24) is 0 Å². The SMILES string of the molecule is CCCCCCCC=C=CCCCCCCCC(=O)OC[C@H](CO[C@@H]1O[C@H](CO[C@@H]2O[C@H](CO)[C@H](O)C(O)C2O)[C@H](O)C(O)C1O)OC(=O)CCCCC/C=C/CCCCCCCC. The normalized spacial score (nSPS) is 26.4. The van der Waals surface area contributed by atoms with E-state index in [0.29, 0.717) is 12.8 Å². The first-order valence-electron chi connectivity index (χ1n) is 24.7. The monoisotopic (exact) mass is 915 g/mol. The standard InChI is InChI=1S/C49H86O15/c1-3-5-7-9-11-13-15-17-18-20-21-23-25-27-29-31-40(51)59-34-37(62-41(52)32-30-28-26-24-22-19-16-14-12-10-8-6-4-2)35-60-48-47(58)45(56)43(54)39(64-48)36-61-49-46(57)44(55)42(53)38(33-50)63-49/h15,18-19,22,37-39,42-50,53-58H,3-14,16,20-21,23-36H2,1-2H3/b22-19+/t17?,37-,38-,39-,42+,43+,44?,45?,46?,47?,48-,49-/m1/s1. The van der Waals surface area contributed by atoms with Crippen molar-refractivity contribution in [1.29, 1.82) is 0 Å². The van der Waals surface area contributed by atoms with E-state index in [9.17, 15) is 45.3 Å². The van der Waals surface area contributed by atoms with Crippen LogP contribution in [0.2, 0.25) is 0 Å². The molecule has 2 rings (SSSR count). The molecule has 0 amide bonds. The molecule has 4 unspecified atom stereocenters. The number of unbranched alkanes of at least 4 members (excludes halogenated alkanes) is 19. The molecule has 0 aromatic rings. The van der Waals surface area contributed by atoms with Gasteiger partial charge in [-0.3, -0.25) is 9.59 Å². The molecule has 0 bridgehead atoms. The Bertz CT molecular complexity index is 1270. The Hall–Kier alpha value is -2.24. The second-order valence-corrected chi connectivity index (χ2v) is 17.4. The van der Waals surface area contributed by atoms with E-state index >= 15 is 0 Å². The lowest BCUT2D eigenvalue weighted by Crippen LogP contribution is -2.61. The Morgan fingerprint density at radius 1 is 0.531 bits per heavy atom. The first-order valence-corrected chi connectivity index (χ1v) is 24.7. The molecule has 2 saturated heterocycles. The Morgan fingerprint density at radius 3 is 1.55 bits per heavy atom. The summed E-state index contributed by atoms with van der Waals surface area (Å²) in [6, 6.07) is 0. The lowest BCUT2D eigenvalue weighted by Gasteiger charge is -2.42. The summed E-state index contributed by atoms with van der Waals surface area (Å²) in [6.45, 7) is 2.52. The van der Waals surface area contributed by atoms with Crippen LogP contribution in [0.15, 0.2) is 30.0 Å². The largest absolute Gasteiger partial charge is 0.462 e. The van der Waals surface area contributed by atoms with Crippen LogP contribution in [-0.4, -0.2) is 142 Å². The summed E-state index contributed by atoms with van der Waals surface area (Å²) >= 11 is 0. The highest BCUT2D eigenvalue weighted by atomic mass is 16.7. The van der Waals surface area contributed by atoms with Crippen LogP contribution < -0.4 is 0 Å². The number of allylic oxidation sites excluding steroid dienone is 3. The lowest BCUT2D eigenvalue weighted by molar-refractivity contribution is -0.332. The van der Waals surface area contributed by atoms with Crippen molar-refractivity contribution in [2.75, 3.05) is 26.4 Å². The Morgan fingerprint density at radius 2 is 0.984 bits per heavy atom. The number of hydrogen-bond donors (Lipinski definition) is 7. The second kappa shape index (κ2) is 36.8. The van der Waals surface area contributed by atoms with E-state index in [2.05, 4.69) is 43.9 Å². The second-order valence-electron chi connectivity index (χ2n) is 17.4. The smallest absolute Gasteiger partial charge is 0.306 e. The van der Waals surface area contributed by atoms with Gasteiger partial charge in [0.25, 0.3) is 0 Å². The first-order chi connectivity index (χ1) is 31.0. The molecule has 15 nitrogen and oxygen atoms in total. The molecule has 372 valence electrons. The number of esters is 2. The number of ether oxygens (including phenoxy) is 6. The Labute approximate surface area is 383 Å². The van der Waals surface area contributed by atoms with Crippen molar-refractivity contribution in [2.45, 2.75) is 242 Å². The molecule has 0 radical (unpaired) electrons. The van der Waals surface area contributed by atoms with E-state index in [0.717, 1.165) is 64.2 Å². The van der Waals surface area contributed by atoms with Crippen LogP contribution in [0.5, 0.6) is 0 Å². The van der Waals surface area contributed by atoms with Gasteiger partial charge in [-0.15, -0.1) is 5.73 Å². The maximum absolute atomic E-state index is 12.9. The summed E-state index contributed by atoms with van der Waals surface area (Å²) in [5.74, 6) is -0.964. The molecule has 0 spiro atoms. The minimum Gasteiger partial charge on any atom is -0.462 e. The van der Waals surface area contributed by atoms with Crippen molar-refractivity contribution < 1.29 is 73.8 Å². The first kappa shape index (κ1) is 57.9. The predicted molar refractivity (Wildman–Crippen MR) is 242 cm³/mol. The maximum atomic E-state index is 12.9. The van der Waals surface area contributed by atoms with Crippen LogP contribution in [0.1, 0.15) is 174 Å². The molecule has 64 heavy (non-hydrogen) atoms. The van der Waals surface area contributed by atoms with Crippen molar-refractivity contribution in [3.8, 4) is 0 Å². The van der Waals surface area contributed by atoms with Crippen LogP contribution >= 0.6 is 0 Å². The highest BCUT2D eigenvalue weighted by molar-refractivity contribution is 5.70. The zero-order valence-corrected chi connectivity index (χ0v) is 39.1. The van der Waals surface area contributed by atoms with Gasteiger partial charge in [-0.25, -0.2) is 0 Å². The number of hydrogen-bond acceptors (Lipinski definition) is 15. The van der Waals surface area contributed by atoms with Gasteiger partial charge < -0.3 is 64.2 Å². The molecule has 0 saturated carbocycles. The zero-order valence-electron chi connectivity index (χ0n) is 39.1. The van der Waals surface area contributed by atoms with E-state index in [-0.39, 0.29) is 19.4 Å². The molecule has 15 heteroatoms. The average molecular weight is 915 g/mol. The van der Waals surface area contributed by atoms with Gasteiger partial charge >= 0.3 is 11.9 Å². The number of carbonyl (C=O) groups excluding carboxylic acids is 2. The van der Waals surface area contributed by atoms with Gasteiger partial charge in [0.2, 0.25) is 0 Å². The van der Waals surface area contributed by atoms with Crippen LogP contribution in [0.4, 0.5) is 0 Å². The fourth-order valence-corrected chi connectivity index (χ4v) is 7.54. The third-order valence-corrected chi connectivity index (χ3v) is 11.7. The number of aliphatic hydroxyl groups is 7. The summed E-state index contributed by atoms with van der Waals surface area (Å²) < 4.78 is 33.5. The van der Waals surface area contributed by atoms with Crippen molar-refractivity contribution in [2.24, 2.45) is 0 Å². The van der Waals surface area contributed by atoms with Gasteiger partial charge in [-0.1, -0.05) is 109 Å². The predicted octanol–water partition coefficient (Wildman–Crippen LogP) is 6.14. The van der Waals surface area contributed by atoms with Crippen molar-refractivity contribution in [3.05, 3.63) is 30.0 Å². The van der Waals surface area contributed by atoms with E-state index in [1.165, 1.54) is 70.6 Å². The van der Waals surface area contributed by atoms with Crippen molar-refractivity contribution in [3.63, 3.8) is 0 Å². The number of carbonyl (C=O) groups is 2. The summed E-state index contributed by atoms with van der Waals surface area (Å²) in [4.78, 5) is 25.7. The number of rotatable bonds is 37. The summed E-state index contributed by atoms with van der Waals surface area (Å²) in [5.41, 5.74) is 3.28. The fourth-order valence-electron chi connectivity index (χ4n) is 7.54. The third-order valence-electron chi connectivity index (χ3n) is 11.7. The van der Waals surface area contributed by atoms with E-state index in [1.807, 2.05) is 0 Å². The third kappa shape index (κ3) is 25.0. The minimum atomic E-state index is -1.77. The van der Waals surface area contributed by atoms with Crippen LogP contribution in [0, 0.1) is 0 Å². The molecule has 7 N–H and O–H groups in total. The Balaban J connectivity index is 1.85. The summed E-state index contributed by atoms with van der Waals surface area (Å²) in [7, 11) is 0. The molecule has 11 atom stereocenters. The van der Waals surface area contributed by atoms with Crippen LogP contribution in [-0.2, 0) is 38.0 Å². The molecular weight excluding hydrogens is 829 g/mol. The van der Waals surface area contributed by atoms with Crippen LogP contribution in [0.25, 0.3) is 0 Å². The van der Waals surface area contributed by atoms with E-state index in [1.54, 1.807) is 0 Å². The molecule has 2 aliphatic rings. The summed E-state index contributed by atoms with van der Waals surface area (Å²) in [6.07, 6.45) is 17.1. The fraction of sp³-hybridized carbons (Fsp3) is 0.857. The van der Waals surface area contributed by atoms with Gasteiger partial charge in [0.05, 0.1) is 19.8 Å². The van der Waals surface area contributed by atoms with E-state index in [4.69, 9.17) is 28.4 Å². The van der Waals surface area contributed by atoms with Gasteiger partial charge in [-0.05, 0) is 76.4 Å². The molecule has 2 fully saturated rings. The topological polar surface area (TPSA) is 231 Å². The number of aliphatic hydroxyl groups excluding tert-OH is 7. The zero-order chi connectivity index (χ0) is 46.8.